The average Bonchev–Trinajstić information content (AvgIpc) is 3.52. The van der Waals surface area contributed by atoms with Gasteiger partial charge >= 0.3 is 0 Å². The molecule has 0 bridgehead atoms. The smallest absolute Gasteiger partial charge is 0.261 e. The molecule has 0 radical (unpaired) electrons. The Bertz CT molecular complexity index is 1240. The summed E-state index contributed by atoms with van der Waals surface area (Å²) in [5.74, 6) is 2.23. The molecule has 170 valence electrons. The number of nitrogens with one attached hydrogen (secondary N) is 1. The first-order valence-corrected chi connectivity index (χ1v) is 10.9. The number of benzene rings is 2. The molecule has 0 aliphatic rings. The number of aromatic nitrogens is 2. The highest BCUT2D eigenvalue weighted by Crippen LogP contribution is 2.38. The lowest BCUT2D eigenvalue weighted by molar-refractivity contribution is 0.0955. The Hall–Kier alpha value is -3.85. The zero-order chi connectivity index (χ0) is 23.4. The van der Waals surface area contributed by atoms with E-state index in [4.69, 9.17) is 18.7 Å². The van der Waals surface area contributed by atoms with Crippen molar-refractivity contribution < 1.29 is 23.5 Å². The molecule has 4 rings (SSSR count). The van der Waals surface area contributed by atoms with Gasteiger partial charge in [-0.05, 0) is 48.9 Å². The summed E-state index contributed by atoms with van der Waals surface area (Å²) in [7, 11) is 4.65. The number of carbonyl (C=O) groups excluding carboxylic acids is 1. The quantitative estimate of drug-likeness (QED) is 0.402. The van der Waals surface area contributed by atoms with Crippen molar-refractivity contribution >= 4 is 17.2 Å². The lowest BCUT2D eigenvalue weighted by atomic mass is 10.1. The molecule has 0 saturated heterocycles. The van der Waals surface area contributed by atoms with Crippen LogP contribution in [0.5, 0.6) is 17.2 Å². The molecular weight excluding hydrogens is 442 g/mol. The van der Waals surface area contributed by atoms with Gasteiger partial charge in [0.1, 0.15) is 0 Å². The third-order valence-electron chi connectivity index (χ3n) is 4.95. The molecule has 0 aliphatic carbocycles. The minimum absolute atomic E-state index is 0.206. The summed E-state index contributed by atoms with van der Waals surface area (Å²) >= 11 is 1.30. The maximum atomic E-state index is 12.7. The number of ether oxygens (including phenoxy) is 3. The molecule has 2 heterocycles. The zero-order valence-corrected chi connectivity index (χ0v) is 19.5. The van der Waals surface area contributed by atoms with Gasteiger partial charge in [-0.1, -0.05) is 22.9 Å². The fourth-order valence-corrected chi connectivity index (χ4v) is 4.07. The monoisotopic (exact) mass is 465 g/mol. The van der Waals surface area contributed by atoms with E-state index in [9.17, 15) is 4.79 Å². The maximum Gasteiger partial charge on any atom is 0.261 e. The average molecular weight is 466 g/mol. The Kier molecular flexibility index (Phi) is 6.60. The summed E-state index contributed by atoms with van der Waals surface area (Å²) < 4.78 is 21.5. The van der Waals surface area contributed by atoms with Gasteiger partial charge in [-0.25, -0.2) is 0 Å². The Morgan fingerprint density at radius 1 is 1.00 bits per heavy atom. The van der Waals surface area contributed by atoms with Crippen LogP contribution in [0, 0.1) is 6.92 Å². The van der Waals surface area contributed by atoms with Crippen LogP contribution in [0.25, 0.3) is 22.2 Å². The van der Waals surface area contributed by atoms with Gasteiger partial charge in [0, 0.05) is 12.1 Å². The fourth-order valence-electron chi connectivity index (χ4n) is 3.22. The van der Waals surface area contributed by atoms with Crippen molar-refractivity contribution in [2.24, 2.45) is 0 Å². The van der Waals surface area contributed by atoms with Crippen molar-refractivity contribution in [3.8, 4) is 39.4 Å². The number of thiophene rings is 1. The second-order valence-corrected chi connectivity index (χ2v) is 8.25. The molecular formula is C24H23N3O5S. The number of carbonyl (C=O) groups is 1. The number of hydrogen-bond donors (Lipinski definition) is 1. The topological polar surface area (TPSA) is 95.7 Å². The lowest BCUT2D eigenvalue weighted by Gasteiger charge is -2.14. The molecule has 8 nitrogen and oxygen atoms in total. The summed E-state index contributed by atoms with van der Waals surface area (Å²) in [6.07, 6.45) is 0. The molecule has 9 heteroatoms. The molecule has 0 saturated carbocycles. The summed E-state index contributed by atoms with van der Waals surface area (Å²) in [5, 5.41) is 6.97. The van der Waals surface area contributed by atoms with Gasteiger partial charge in [-0.3, -0.25) is 4.79 Å². The number of rotatable bonds is 8. The second kappa shape index (κ2) is 9.74. The molecule has 1 N–H and O–H groups in total. The Morgan fingerprint density at radius 2 is 1.70 bits per heavy atom. The fraction of sp³-hybridized carbons (Fsp3) is 0.208. The summed E-state index contributed by atoms with van der Waals surface area (Å²) in [5.41, 5.74) is 2.81. The lowest BCUT2D eigenvalue weighted by Crippen LogP contribution is -2.21. The molecule has 0 fully saturated rings. The first-order chi connectivity index (χ1) is 16.0. The van der Waals surface area contributed by atoms with Crippen LogP contribution in [0.2, 0.25) is 0 Å². The van der Waals surface area contributed by atoms with Crippen molar-refractivity contribution in [3.05, 3.63) is 64.5 Å². The van der Waals surface area contributed by atoms with E-state index < -0.39 is 0 Å². The molecule has 2 aromatic heterocycles. The highest BCUT2D eigenvalue weighted by molar-refractivity contribution is 7.17. The SMILES string of the molecule is COc1cc(CNC(=O)c2ccc(-c3noc(-c4ccc(C)cc4)n3)s2)cc(OC)c1OC. The van der Waals surface area contributed by atoms with E-state index in [1.807, 2.05) is 37.3 Å². The van der Waals surface area contributed by atoms with Crippen molar-refractivity contribution in [3.63, 3.8) is 0 Å². The van der Waals surface area contributed by atoms with Crippen LogP contribution < -0.4 is 19.5 Å². The summed E-state index contributed by atoms with van der Waals surface area (Å²) in [6, 6.07) is 15.0. The highest BCUT2D eigenvalue weighted by Gasteiger charge is 2.17. The molecule has 0 unspecified atom stereocenters. The van der Waals surface area contributed by atoms with E-state index in [0.29, 0.717) is 40.4 Å². The second-order valence-electron chi connectivity index (χ2n) is 7.17. The minimum atomic E-state index is -0.206. The minimum Gasteiger partial charge on any atom is -0.493 e. The standard InChI is InChI=1S/C24H23N3O5S/c1-14-5-7-16(8-6-14)24-26-22(27-32-24)19-9-10-20(33-19)23(28)25-13-15-11-17(29-2)21(31-4)18(12-15)30-3/h5-12H,13H2,1-4H3,(H,25,28). The van der Waals surface area contributed by atoms with Crippen LogP contribution in [-0.4, -0.2) is 37.4 Å². The zero-order valence-electron chi connectivity index (χ0n) is 18.7. The van der Waals surface area contributed by atoms with Crippen molar-refractivity contribution in [1.82, 2.24) is 15.5 Å². The number of hydrogen-bond acceptors (Lipinski definition) is 8. The largest absolute Gasteiger partial charge is 0.493 e. The van der Waals surface area contributed by atoms with E-state index in [0.717, 1.165) is 21.6 Å². The first-order valence-electron chi connectivity index (χ1n) is 10.1. The van der Waals surface area contributed by atoms with E-state index in [1.54, 1.807) is 39.5 Å². The summed E-state index contributed by atoms with van der Waals surface area (Å²) in [4.78, 5) is 18.4. The van der Waals surface area contributed by atoms with E-state index >= 15 is 0 Å². The van der Waals surface area contributed by atoms with E-state index in [2.05, 4.69) is 15.5 Å². The van der Waals surface area contributed by atoms with Gasteiger partial charge in [0.05, 0.1) is 31.1 Å². The van der Waals surface area contributed by atoms with Gasteiger partial charge in [0.25, 0.3) is 11.8 Å². The Labute approximate surface area is 195 Å². The number of aryl methyl sites for hydroxylation is 1. The van der Waals surface area contributed by atoms with Crippen LogP contribution in [0.3, 0.4) is 0 Å². The molecule has 0 atom stereocenters. The predicted molar refractivity (Wildman–Crippen MR) is 125 cm³/mol. The molecule has 4 aromatic rings. The van der Waals surface area contributed by atoms with Crippen molar-refractivity contribution in [1.29, 1.82) is 0 Å². The van der Waals surface area contributed by atoms with Gasteiger partial charge in [0.2, 0.25) is 11.6 Å². The third-order valence-corrected chi connectivity index (χ3v) is 6.03. The van der Waals surface area contributed by atoms with Gasteiger partial charge in [-0.2, -0.15) is 4.98 Å². The van der Waals surface area contributed by atoms with Crippen molar-refractivity contribution in [2.45, 2.75) is 13.5 Å². The molecule has 1 amide bonds. The van der Waals surface area contributed by atoms with Crippen LogP contribution in [0.4, 0.5) is 0 Å². The molecule has 0 aliphatic heterocycles. The maximum absolute atomic E-state index is 12.7. The van der Waals surface area contributed by atoms with Crippen LogP contribution in [-0.2, 0) is 6.54 Å². The third kappa shape index (κ3) is 4.83. The van der Waals surface area contributed by atoms with E-state index in [1.165, 1.54) is 11.3 Å². The molecule has 33 heavy (non-hydrogen) atoms. The normalized spacial score (nSPS) is 10.7. The number of nitrogens with zero attached hydrogens (tertiary/aromatic N) is 2. The highest BCUT2D eigenvalue weighted by atomic mass is 32.1. The van der Waals surface area contributed by atoms with Crippen LogP contribution in [0.15, 0.2) is 53.1 Å². The first kappa shape index (κ1) is 22.3. The van der Waals surface area contributed by atoms with Gasteiger partial charge in [0.15, 0.2) is 11.5 Å². The van der Waals surface area contributed by atoms with E-state index in [-0.39, 0.29) is 5.91 Å². The molecule has 2 aromatic carbocycles. The number of methoxy groups -OCH3 is 3. The van der Waals surface area contributed by atoms with Crippen LogP contribution >= 0.6 is 11.3 Å². The van der Waals surface area contributed by atoms with Gasteiger partial charge < -0.3 is 24.1 Å². The predicted octanol–water partition coefficient (Wildman–Crippen LogP) is 4.73. The van der Waals surface area contributed by atoms with Gasteiger partial charge in [-0.15, -0.1) is 11.3 Å². The van der Waals surface area contributed by atoms with Crippen molar-refractivity contribution in [2.75, 3.05) is 21.3 Å². The van der Waals surface area contributed by atoms with Crippen LogP contribution in [0.1, 0.15) is 20.8 Å². The Balaban J connectivity index is 1.45. The molecule has 0 spiro atoms. The number of amides is 1. The Morgan fingerprint density at radius 3 is 2.33 bits per heavy atom. The summed E-state index contributed by atoms with van der Waals surface area (Å²) in [6.45, 7) is 2.31.